The maximum atomic E-state index is 8.73. The highest BCUT2D eigenvalue weighted by Gasteiger charge is 2.01. The summed E-state index contributed by atoms with van der Waals surface area (Å²) in [5.74, 6) is 1.10. The number of aromatic nitrogens is 1. The highest BCUT2D eigenvalue weighted by Crippen LogP contribution is 2.06. The summed E-state index contributed by atoms with van der Waals surface area (Å²) in [6, 6.07) is 7.28. The van der Waals surface area contributed by atoms with E-state index in [4.69, 9.17) is 10.4 Å². The molecule has 0 aliphatic rings. The summed E-state index contributed by atoms with van der Waals surface area (Å²) in [5.41, 5.74) is 0.412. The van der Waals surface area contributed by atoms with E-state index in [2.05, 4.69) is 17.2 Å². The normalized spacial score (nSPS) is 11.8. The Balaban J connectivity index is 2.47. The minimum atomic E-state index is 0.203. The van der Waals surface area contributed by atoms with Crippen LogP contribution in [0.25, 0.3) is 0 Å². The predicted octanol–water partition coefficient (Wildman–Crippen LogP) is 1.38. The van der Waals surface area contributed by atoms with Crippen molar-refractivity contribution in [3.63, 3.8) is 0 Å². The van der Waals surface area contributed by atoms with Crippen LogP contribution in [0.15, 0.2) is 18.2 Å². The zero-order valence-corrected chi connectivity index (χ0v) is 8.77. The van der Waals surface area contributed by atoms with Gasteiger partial charge >= 0.3 is 0 Å². The van der Waals surface area contributed by atoms with Crippen LogP contribution in [0.3, 0.4) is 0 Å². The molecule has 0 saturated heterocycles. The molecule has 0 saturated carbocycles. The topological polar surface area (TPSA) is 68.9 Å². The molecule has 0 aliphatic carbocycles. The van der Waals surface area contributed by atoms with Crippen LogP contribution in [0, 0.1) is 17.2 Å². The molecule has 1 unspecified atom stereocenters. The van der Waals surface area contributed by atoms with Crippen molar-refractivity contribution in [2.75, 3.05) is 18.5 Å². The molecule has 4 nitrogen and oxygen atoms in total. The number of rotatable bonds is 5. The number of pyridine rings is 1. The van der Waals surface area contributed by atoms with Gasteiger partial charge in [-0.1, -0.05) is 13.0 Å². The molecule has 2 N–H and O–H groups in total. The summed E-state index contributed by atoms with van der Waals surface area (Å²) in [7, 11) is 0. The summed E-state index contributed by atoms with van der Waals surface area (Å²) < 4.78 is 0. The molecule has 0 bridgehead atoms. The van der Waals surface area contributed by atoms with Crippen molar-refractivity contribution < 1.29 is 5.11 Å². The van der Waals surface area contributed by atoms with E-state index >= 15 is 0 Å². The van der Waals surface area contributed by atoms with Gasteiger partial charge in [0.05, 0.1) is 0 Å². The molecule has 1 aromatic rings. The smallest absolute Gasteiger partial charge is 0.142 e. The fraction of sp³-hybridized carbons (Fsp3) is 0.455. The zero-order valence-electron chi connectivity index (χ0n) is 8.77. The van der Waals surface area contributed by atoms with Gasteiger partial charge in [-0.25, -0.2) is 4.98 Å². The molecule has 80 valence electrons. The third kappa shape index (κ3) is 3.96. The maximum Gasteiger partial charge on any atom is 0.142 e. The molecule has 0 aliphatic heterocycles. The van der Waals surface area contributed by atoms with Crippen LogP contribution in [0.2, 0.25) is 0 Å². The molecular formula is C11H15N3O. The van der Waals surface area contributed by atoms with Crippen LogP contribution >= 0.6 is 0 Å². The first kappa shape index (κ1) is 11.5. The summed E-state index contributed by atoms with van der Waals surface area (Å²) >= 11 is 0. The first-order valence-electron chi connectivity index (χ1n) is 4.98. The van der Waals surface area contributed by atoms with E-state index in [1.807, 2.05) is 12.1 Å². The average Bonchev–Trinajstić information content (AvgIpc) is 2.27. The number of hydrogen-bond donors (Lipinski definition) is 2. The molecule has 1 heterocycles. The van der Waals surface area contributed by atoms with Crippen molar-refractivity contribution in [3.05, 3.63) is 23.9 Å². The Kier molecular flexibility index (Phi) is 4.58. The first-order valence-corrected chi connectivity index (χ1v) is 4.98. The number of nitrogens with zero attached hydrogens (tertiary/aromatic N) is 2. The average molecular weight is 205 g/mol. The molecule has 1 atom stereocenters. The maximum absolute atomic E-state index is 8.73. The fourth-order valence-corrected chi connectivity index (χ4v) is 1.20. The van der Waals surface area contributed by atoms with Gasteiger partial charge in [0.25, 0.3) is 0 Å². The quantitative estimate of drug-likeness (QED) is 0.762. The molecule has 1 rings (SSSR count). The largest absolute Gasteiger partial charge is 0.396 e. The van der Waals surface area contributed by atoms with Crippen LogP contribution < -0.4 is 5.32 Å². The molecule has 0 aromatic carbocycles. The number of aliphatic hydroxyl groups is 1. The van der Waals surface area contributed by atoms with Gasteiger partial charge in [0.1, 0.15) is 17.6 Å². The lowest BCUT2D eigenvalue weighted by molar-refractivity contribution is 0.266. The Hall–Kier alpha value is -1.60. The number of hydrogen-bond acceptors (Lipinski definition) is 4. The third-order valence-electron chi connectivity index (χ3n) is 2.12. The van der Waals surface area contributed by atoms with Gasteiger partial charge in [-0.15, -0.1) is 0 Å². The van der Waals surface area contributed by atoms with Gasteiger partial charge in [-0.05, 0) is 24.5 Å². The zero-order chi connectivity index (χ0) is 11.1. The minimum Gasteiger partial charge on any atom is -0.396 e. The number of anilines is 1. The fourth-order valence-electron chi connectivity index (χ4n) is 1.20. The van der Waals surface area contributed by atoms with Gasteiger partial charge in [-0.3, -0.25) is 0 Å². The highest BCUT2D eigenvalue weighted by atomic mass is 16.3. The Labute approximate surface area is 89.6 Å². The van der Waals surface area contributed by atoms with Crippen molar-refractivity contribution >= 4 is 5.82 Å². The Morgan fingerprint density at radius 3 is 3.07 bits per heavy atom. The van der Waals surface area contributed by atoms with Crippen LogP contribution in [0.5, 0.6) is 0 Å². The lowest BCUT2D eigenvalue weighted by Crippen LogP contribution is -2.13. The van der Waals surface area contributed by atoms with Crippen LogP contribution in [0.4, 0.5) is 5.82 Å². The van der Waals surface area contributed by atoms with E-state index in [0.29, 0.717) is 17.4 Å². The second-order valence-corrected chi connectivity index (χ2v) is 3.52. The molecule has 0 fully saturated rings. The van der Waals surface area contributed by atoms with Crippen molar-refractivity contribution in [3.8, 4) is 6.07 Å². The molecule has 0 radical (unpaired) electrons. The Morgan fingerprint density at radius 1 is 1.60 bits per heavy atom. The van der Waals surface area contributed by atoms with E-state index in [0.717, 1.165) is 13.0 Å². The van der Waals surface area contributed by atoms with Gasteiger partial charge in [0.2, 0.25) is 0 Å². The van der Waals surface area contributed by atoms with Crippen molar-refractivity contribution in [2.24, 2.45) is 5.92 Å². The molecule has 15 heavy (non-hydrogen) atoms. The van der Waals surface area contributed by atoms with E-state index in [9.17, 15) is 0 Å². The van der Waals surface area contributed by atoms with E-state index < -0.39 is 0 Å². The van der Waals surface area contributed by atoms with Gasteiger partial charge < -0.3 is 10.4 Å². The molecule has 4 heteroatoms. The van der Waals surface area contributed by atoms with Gasteiger partial charge in [-0.2, -0.15) is 5.26 Å². The van der Waals surface area contributed by atoms with Crippen molar-refractivity contribution in [1.82, 2.24) is 4.98 Å². The SMILES string of the molecule is CC(CCO)CNc1cccc(C#N)n1. The summed E-state index contributed by atoms with van der Waals surface area (Å²) in [6.45, 7) is 3.01. The van der Waals surface area contributed by atoms with Gasteiger partial charge in [0, 0.05) is 13.2 Å². The second-order valence-electron chi connectivity index (χ2n) is 3.52. The molecule has 1 aromatic heterocycles. The third-order valence-corrected chi connectivity index (χ3v) is 2.12. The monoisotopic (exact) mass is 205 g/mol. The Morgan fingerprint density at radius 2 is 2.40 bits per heavy atom. The van der Waals surface area contributed by atoms with Crippen LogP contribution in [0.1, 0.15) is 19.0 Å². The standard InChI is InChI=1S/C11H15N3O/c1-9(5-6-15)8-13-11-4-2-3-10(7-12)14-11/h2-4,9,15H,5-6,8H2,1H3,(H,13,14). The van der Waals surface area contributed by atoms with Crippen molar-refractivity contribution in [1.29, 1.82) is 5.26 Å². The molecule has 0 spiro atoms. The summed E-state index contributed by atoms with van der Waals surface area (Å²) in [4.78, 5) is 4.09. The van der Waals surface area contributed by atoms with E-state index in [1.165, 1.54) is 0 Å². The predicted molar refractivity (Wildman–Crippen MR) is 58.3 cm³/mol. The van der Waals surface area contributed by atoms with Crippen LogP contribution in [-0.2, 0) is 0 Å². The number of nitriles is 1. The van der Waals surface area contributed by atoms with E-state index in [-0.39, 0.29) is 6.61 Å². The number of aliphatic hydroxyl groups excluding tert-OH is 1. The van der Waals surface area contributed by atoms with Gasteiger partial charge in [0.15, 0.2) is 0 Å². The van der Waals surface area contributed by atoms with Crippen LogP contribution in [-0.4, -0.2) is 23.2 Å². The first-order chi connectivity index (χ1) is 7.26. The molecule has 0 amide bonds. The second kappa shape index (κ2) is 5.99. The number of nitrogens with one attached hydrogen (secondary N) is 1. The summed E-state index contributed by atoms with van der Waals surface area (Å²) in [6.07, 6.45) is 0.769. The lowest BCUT2D eigenvalue weighted by Gasteiger charge is -2.11. The minimum absolute atomic E-state index is 0.203. The van der Waals surface area contributed by atoms with Crippen molar-refractivity contribution in [2.45, 2.75) is 13.3 Å². The van der Waals surface area contributed by atoms with E-state index in [1.54, 1.807) is 12.1 Å². The lowest BCUT2D eigenvalue weighted by atomic mass is 10.1. The molecular weight excluding hydrogens is 190 g/mol. The Bertz CT molecular complexity index is 346. The summed E-state index contributed by atoms with van der Waals surface area (Å²) in [5, 5.41) is 20.5. The highest BCUT2D eigenvalue weighted by molar-refractivity contribution is 5.38.